The van der Waals surface area contributed by atoms with Crippen LogP contribution in [-0.4, -0.2) is 13.1 Å². The number of thiophene rings is 1. The van der Waals surface area contributed by atoms with Crippen LogP contribution in [0.25, 0.3) is 0 Å². The minimum atomic E-state index is 0.457. The summed E-state index contributed by atoms with van der Waals surface area (Å²) in [5.74, 6) is 5.22. The molecule has 18 heavy (non-hydrogen) atoms. The molecule has 1 aromatic heterocycles. The lowest BCUT2D eigenvalue weighted by Gasteiger charge is -2.17. The van der Waals surface area contributed by atoms with Gasteiger partial charge in [-0.15, -0.1) is 24.2 Å². The van der Waals surface area contributed by atoms with E-state index in [9.17, 15) is 5.26 Å². The zero-order valence-corrected chi connectivity index (χ0v) is 11.0. The van der Waals surface area contributed by atoms with Gasteiger partial charge in [0.15, 0.2) is 0 Å². The molecule has 0 fully saturated rings. The van der Waals surface area contributed by atoms with Crippen molar-refractivity contribution in [2.24, 2.45) is 0 Å². The molecule has 0 amide bonds. The van der Waals surface area contributed by atoms with Crippen LogP contribution >= 0.6 is 11.3 Å². The zero-order valence-electron chi connectivity index (χ0n) is 10.2. The summed E-state index contributed by atoms with van der Waals surface area (Å²) in [6.45, 7) is 0.913. The lowest BCUT2D eigenvalue weighted by atomic mass is 9.96. The van der Waals surface area contributed by atoms with Crippen LogP contribution in [-0.2, 0) is 12.8 Å². The first-order valence-electron chi connectivity index (χ1n) is 5.98. The van der Waals surface area contributed by atoms with Gasteiger partial charge in [0, 0.05) is 4.88 Å². The Kier molecular flexibility index (Phi) is 3.93. The fourth-order valence-electron chi connectivity index (χ4n) is 2.31. The molecule has 0 spiro atoms. The van der Waals surface area contributed by atoms with Crippen molar-refractivity contribution in [1.29, 1.82) is 5.26 Å². The molecule has 1 aliphatic rings. The van der Waals surface area contributed by atoms with Gasteiger partial charge in [-0.1, -0.05) is 11.8 Å². The minimum absolute atomic E-state index is 0.457. The number of terminal acetylenes is 2. The van der Waals surface area contributed by atoms with Crippen LogP contribution in [0.1, 0.15) is 28.8 Å². The molecule has 0 aromatic carbocycles. The fourth-order valence-corrected chi connectivity index (χ4v) is 3.65. The van der Waals surface area contributed by atoms with Crippen LogP contribution < -0.4 is 4.90 Å². The molecule has 0 aliphatic heterocycles. The number of nitrogens with zero attached hydrogens (tertiary/aromatic N) is 2. The van der Waals surface area contributed by atoms with Crippen LogP contribution in [0.5, 0.6) is 0 Å². The quantitative estimate of drug-likeness (QED) is 0.775. The number of hydrogen-bond donors (Lipinski definition) is 0. The molecule has 0 bridgehead atoms. The van der Waals surface area contributed by atoms with E-state index in [4.69, 9.17) is 12.8 Å². The maximum absolute atomic E-state index is 9.38. The highest BCUT2D eigenvalue weighted by atomic mass is 32.1. The van der Waals surface area contributed by atoms with Crippen molar-refractivity contribution < 1.29 is 0 Å². The van der Waals surface area contributed by atoms with Crippen molar-refractivity contribution in [3.8, 4) is 30.8 Å². The van der Waals surface area contributed by atoms with Crippen LogP contribution in [0.3, 0.4) is 0 Å². The summed E-state index contributed by atoms with van der Waals surface area (Å²) in [4.78, 5) is 3.29. The summed E-state index contributed by atoms with van der Waals surface area (Å²) < 4.78 is 0. The van der Waals surface area contributed by atoms with E-state index in [2.05, 4.69) is 17.9 Å². The topological polar surface area (TPSA) is 27.0 Å². The Bertz CT molecular complexity index is 547. The van der Waals surface area contributed by atoms with Crippen molar-refractivity contribution in [1.82, 2.24) is 0 Å². The standard InChI is InChI=1S/C15H14N2S/c1-3-9-17(10-4-2)15-13(11-16)12-7-5-6-8-14(12)18-15/h1-2H,5-10H2. The third-order valence-electron chi connectivity index (χ3n) is 3.12. The molecule has 90 valence electrons. The highest BCUT2D eigenvalue weighted by Gasteiger charge is 2.23. The molecule has 1 aromatic rings. The van der Waals surface area contributed by atoms with E-state index >= 15 is 0 Å². The van der Waals surface area contributed by atoms with Crippen LogP contribution in [0.4, 0.5) is 5.00 Å². The van der Waals surface area contributed by atoms with E-state index < -0.39 is 0 Å². The van der Waals surface area contributed by atoms with E-state index in [-0.39, 0.29) is 0 Å². The van der Waals surface area contributed by atoms with Gasteiger partial charge in [-0.3, -0.25) is 0 Å². The summed E-state index contributed by atoms with van der Waals surface area (Å²) >= 11 is 1.69. The Morgan fingerprint density at radius 2 is 1.83 bits per heavy atom. The fraction of sp³-hybridized carbons (Fsp3) is 0.400. The Labute approximate surface area is 112 Å². The number of aryl methyl sites for hydroxylation is 1. The van der Waals surface area contributed by atoms with Gasteiger partial charge in [0.05, 0.1) is 18.7 Å². The average Bonchev–Trinajstić information content (AvgIpc) is 2.76. The van der Waals surface area contributed by atoms with E-state index in [0.29, 0.717) is 13.1 Å². The first-order valence-corrected chi connectivity index (χ1v) is 6.80. The predicted molar refractivity (Wildman–Crippen MR) is 75.6 cm³/mol. The first-order chi connectivity index (χ1) is 8.81. The van der Waals surface area contributed by atoms with Crippen LogP contribution in [0, 0.1) is 36.0 Å². The molecule has 0 unspecified atom stereocenters. The molecule has 0 atom stereocenters. The van der Waals surface area contributed by atoms with Gasteiger partial charge >= 0.3 is 0 Å². The largest absolute Gasteiger partial charge is 0.340 e. The second-order valence-corrected chi connectivity index (χ2v) is 5.35. The second-order valence-electron chi connectivity index (χ2n) is 4.27. The third kappa shape index (κ3) is 2.21. The lowest BCUT2D eigenvalue weighted by Crippen LogP contribution is -2.23. The SMILES string of the molecule is C#CCN(CC#C)c1sc2c(c1C#N)CCCC2. The number of anilines is 1. The number of hydrogen-bond acceptors (Lipinski definition) is 3. The van der Waals surface area contributed by atoms with Gasteiger partial charge in [-0.05, 0) is 31.2 Å². The zero-order chi connectivity index (χ0) is 13.0. The molecule has 0 saturated heterocycles. The third-order valence-corrected chi connectivity index (χ3v) is 4.47. The van der Waals surface area contributed by atoms with Crippen molar-refractivity contribution in [3.05, 3.63) is 16.0 Å². The van der Waals surface area contributed by atoms with Crippen molar-refractivity contribution in [3.63, 3.8) is 0 Å². The average molecular weight is 254 g/mol. The van der Waals surface area contributed by atoms with Crippen molar-refractivity contribution in [2.45, 2.75) is 25.7 Å². The maximum Gasteiger partial charge on any atom is 0.111 e. The summed E-state index contributed by atoms with van der Waals surface area (Å²) in [5, 5.41) is 10.3. The second kappa shape index (κ2) is 5.63. The number of rotatable bonds is 3. The number of nitriles is 1. The van der Waals surface area contributed by atoms with Gasteiger partial charge in [-0.2, -0.15) is 5.26 Å². The summed E-state index contributed by atoms with van der Waals surface area (Å²) in [6, 6.07) is 2.33. The first kappa shape index (κ1) is 12.6. The Morgan fingerprint density at radius 3 is 2.44 bits per heavy atom. The molecule has 0 radical (unpaired) electrons. The molecule has 0 saturated carbocycles. The van der Waals surface area contributed by atoms with Gasteiger partial charge < -0.3 is 4.90 Å². The van der Waals surface area contributed by atoms with Crippen molar-refractivity contribution >= 4 is 16.3 Å². The van der Waals surface area contributed by atoms with Gasteiger partial charge in [0.2, 0.25) is 0 Å². The summed E-state index contributed by atoms with van der Waals surface area (Å²) in [6.07, 6.45) is 15.2. The highest BCUT2D eigenvalue weighted by Crippen LogP contribution is 2.39. The van der Waals surface area contributed by atoms with Crippen LogP contribution in [0.2, 0.25) is 0 Å². The molecule has 2 rings (SSSR count). The van der Waals surface area contributed by atoms with Gasteiger partial charge in [0.1, 0.15) is 11.1 Å². The molecule has 3 heteroatoms. The highest BCUT2D eigenvalue weighted by molar-refractivity contribution is 7.16. The lowest BCUT2D eigenvalue weighted by molar-refractivity contribution is 0.696. The molecule has 1 heterocycles. The summed E-state index contributed by atoms with van der Waals surface area (Å²) in [5.41, 5.74) is 2.02. The van der Waals surface area contributed by atoms with E-state index in [1.807, 2.05) is 4.90 Å². The normalized spacial score (nSPS) is 12.9. The van der Waals surface area contributed by atoms with E-state index in [1.54, 1.807) is 11.3 Å². The molecular formula is C15H14N2S. The van der Waals surface area contributed by atoms with Gasteiger partial charge in [-0.25, -0.2) is 0 Å². The van der Waals surface area contributed by atoms with Gasteiger partial charge in [0.25, 0.3) is 0 Å². The number of fused-ring (bicyclic) bond motifs is 1. The Morgan fingerprint density at radius 1 is 1.17 bits per heavy atom. The van der Waals surface area contributed by atoms with E-state index in [0.717, 1.165) is 23.4 Å². The van der Waals surface area contributed by atoms with E-state index in [1.165, 1.54) is 23.3 Å². The molecule has 2 nitrogen and oxygen atoms in total. The van der Waals surface area contributed by atoms with Crippen molar-refractivity contribution in [2.75, 3.05) is 18.0 Å². The van der Waals surface area contributed by atoms with Crippen LogP contribution in [0.15, 0.2) is 0 Å². The Hall–Kier alpha value is -1.89. The molecule has 1 aliphatic carbocycles. The monoisotopic (exact) mass is 254 g/mol. The molecule has 0 N–H and O–H groups in total. The predicted octanol–water partition coefficient (Wildman–Crippen LogP) is 2.57. The molecular weight excluding hydrogens is 240 g/mol. The smallest absolute Gasteiger partial charge is 0.111 e. The summed E-state index contributed by atoms with van der Waals surface area (Å²) in [7, 11) is 0. The minimum Gasteiger partial charge on any atom is -0.340 e. The Balaban J connectivity index is 2.44. The maximum atomic E-state index is 9.38.